The number of aryl methyl sites for hydroxylation is 2. The fraction of sp³-hybridized carbons (Fsp3) is 0.714. The zero-order valence-electron chi connectivity index (χ0n) is 11.2. The van der Waals surface area contributed by atoms with Gasteiger partial charge >= 0.3 is 0 Å². The summed E-state index contributed by atoms with van der Waals surface area (Å²) in [6, 6.07) is 3.37. The van der Waals surface area contributed by atoms with Crippen LogP contribution in [0, 0.1) is 6.92 Å². The molecule has 3 nitrogen and oxygen atoms in total. The SMILES string of the molecule is Cc1ccc(=O)n(CCCCCCCCCBr)n1. The zero-order valence-corrected chi connectivity index (χ0v) is 12.8. The van der Waals surface area contributed by atoms with Gasteiger partial charge in [-0.25, -0.2) is 4.68 Å². The van der Waals surface area contributed by atoms with Crippen molar-refractivity contribution in [3.05, 3.63) is 28.2 Å². The molecule has 0 fully saturated rings. The Hall–Kier alpha value is -0.640. The van der Waals surface area contributed by atoms with Gasteiger partial charge in [0.15, 0.2) is 0 Å². The van der Waals surface area contributed by atoms with Crippen LogP contribution in [0.5, 0.6) is 0 Å². The molecule has 0 atom stereocenters. The van der Waals surface area contributed by atoms with Crippen molar-refractivity contribution in [2.45, 2.75) is 58.4 Å². The van der Waals surface area contributed by atoms with Gasteiger partial charge in [-0.15, -0.1) is 0 Å². The van der Waals surface area contributed by atoms with Gasteiger partial charge in [0, 0.05) is 17.9 Å². The van der Waals surface area contributed by atoms with Crippen molar-refractivity contribution < 1.29 is 0 Å². The summed E-state index contributed by atoms with van der Waals surface area (Å²) in [5.41, 5.74) is 0.919. The molecule has 1 heterocycles. The molecule has 1 aromatic rings. The van der Waals surface area contributed by atoms with E-state index in [9.17, 15) is 4.79 Å². The lowest BCUT2D eigenvalue weighted by Gasteiger charge is -2.05. The summed E-state index contributed by atoms with van der Waals surface area (Å²) in [7, 11) is 0. The van der Waals surface area contributed by atoms with Crippen LogP contribution in [-0.4, -0.2) is 15.1 Å². The molecular formula is C14H23BrN2O. The molecule has 0 saturated carbocycles. The summed E-state index contributed by atoms with van der Waals surface area (Å²) >= 11 is 3.44. The molecule has 0 aliphatic rings. The second-order valence-corrected chi connectivity index (χ2v) is 5.49. The van der Waals surface area contributed by atoms with Crippen LogP contribution in [-0.2, 0) is 6.54 Å². The van der Waals surface area contributed by atoms with Crippen LogP contribution < -0.4 is 5.56 Å². The largest absolute Gasteiger partial charge is 0.268 e. The molecule has 0 N–H and O–H groups in total. The molecule has 1 aromatic heterocycles. The highest BCUT2D eigenvalue weighted by Crippen LogP contribution is 2.08. The second-order valence-electron chi connectivity index (χ2n) is 4.70. The summed E-state index contributed by atoms with van der Waals surface area (Å²) in [4.78, 5) is 11.5. The number of hydrogen-bond acceptors (Lipinski definition) is 2. The third-order valence-corrected chi connectivity index (χ3v) is 3.56. The van der Waals surface area contributed by atoms with E-state index >= 15 is 0 Å². The van der Waals surface area contributed by atoms with E-state index in [1.54, 1.807) is 16.8 Å². The topological polar surface area (TPSA) is 34.9 Å². The summed E-state index contributed by atoms with van der Waals surface area (Å²) in [5.74, 6) is 0. The number of hydrogen-bond donors (Lipinski definition) is 0. The highest BCUT2D eigenvalue weighted by atomic mass is 79.9. The van der Waals surface area contributed by atoms with Gasteiger partial charge < -0.3 is 0 Å². The Labute approximate surface area is 118 Å². The first-order chi connectivity index (χ1) is 8.74. The predicted molar refractivity (Wildman–Crippen MR) is 79.3 cm³/mol. The molecule has 0 saturated heterocycles. The summed E-state index contributed by atoms with van der Waals surface area (Å²) in [6.07, 6.45) is 8.75. The summed E-state index contributed by atoms with van der Waals surface area (Å²) in [6.45, 7) is 2.67. The van der Waals surface area contributed by atoms with Crippen LogP contribution in [0.25, 0.3) is 0 Å². The number of nitrogens with zero attached hydrogens (tertiary/aromatic N) is 2. The lowest BCUT2D eigenvalue weighted by Crippen LogP contribution is -2.22. The average Bonchev–Trinajstić information content (AvgIpc) is 2.36. The van der Waals surface area contributed by atoms with Crippen molar-refractivity contribution in [3.63, 3.8) is 0 Å². The third-order valence-electron chi connectivity index (χ3n) is 3.00. The molecule has 102 valence electrons. The second kappa shape index (κ2) is 9.31. The molecule has 0 amide bonds. The smallest absolute Gasteiger partial charge is 0.266 e. The molecule has 1 rings (SSSR count). The Kier molecular flexibility index (Phi) is 7.98. The van der Waals surface area contributed by atoms with Crippen molar-refractivity contribution in [2.75, 3.05) is 5.33 Å². The highest BCUT2D eigenvalue weighted by molar-refractivity contribution is 9.09. The van der Waals surface area contributed by atoms with Gasteiger partial charge in [0.05, 0.1) is 5.69 Å². The van der Waals surface area contributed by atoms with Gasteiger partial charge in [-0.05, 0) is 25.8 Å². The molecule has 0 bridgehead atoms. The third kappa shape index (κ3) is 6.34. The quantitative estimate of drug-likeness (QED) is 0.515. The van der Waals surface area contributed by atoms with Crippen molar-refractivity contribution in [3.8, 4) is 0 Å². The van der Waals surface area contributed by atoms with E-state index in [4.69, 9.17) is 0 Å². The Morgan fingerprint density at radius 3 is 2.33 bits per heavy atom. The number of unbranched alkanes of at least 4 members (excludes halogenated alkanes) is 6. The number of alkyl halides is 1. The molecular weight excluding hydrogens is 292 g/mol. The predicted octanol–water partition coefficient (Wildman–Crippen LogP) is 3.68. The maximum Gasteiger partial charge on any atom is 0.266 e. The van der Waals surface area contributed by atoms with Gasteiger partial charge in [-0.1, -0.05) is 48.0 Å². The standard InChI is InChI=1S/C14H23BrN2O/c1-13-9-10-14(18)17(16-13)12-8-6-4-2-3-5-7-11-15/h9-10H,2-8,11-12H2,1H3. The van der Waals surface area contributed by atoms with E-state index in [-0.39, 0.29) is 5.56 Å². The first-order valence-corrected chi connectivity index (χ1v) is 7.97. The molecule has 0 aromatic carbocycles. The first kappa shape index (κ1) is 15.4. The zero-order chi connectivity index (χ0) is 13.2. The van der Waals surface area contributed by atoms with Crippen molar-refractivity contribution in [2.24, 2.45) is 0 Å². The van der Waals surface area contributed by atoms with Crippen LogP contribution in [0.2, 0.25) is 0 Å². The minimum absolute atomic E-state index is 0.0120. The van der Waals surface area contributed by atoms with Gasteiger partial charge in [0.25, 0.3) is 5.56 Å². The first-order valence-electron chi connectivity index (χ1n) is 6.85. The van der Waals surface area contributed by atoms with E-state index < -0.39 is 0 Å². The van der Waals surface area contributed by atoms with Gasteiger partial charge in [0.1, 0.15) is 0 Å². The van der Waals surface area contributed by atoms with E-state index in [1.165, 1.54) is 38.5 Å². The molecule has 0 aliphatic carbocycles. The molecule has 0 spiro atoms. The monoisotopic (exact) mass is 314 g/mol. The molecule has 0 aliphatic heterocycles. The van der Waals surface area contributed by atoms with Gasteiger partial charge in [0.2, 0.25) is 0 Å². The van der Waals surface area contributed by atoms with Crippen LogP contribution >= 0.6 is 15.9 Å². The maximum absolute atomic E-state index is 11.5. The van der Waals surface area contributed by atoms with Crippen LogP contribution in [0.4, 0.5) is 0 Å². The van der Waals surface area contributed by atoms with E-state index in [0.29, 0.717) is 0 Å². The van der Waals surface area contributed by atoms with Crippen LogP contribution in [0.1, 0.15) is 50.6 Å². The van der Waals surface area contributed by atoms with Crippen molar-refractivity contribution >= 4 is 15.9 Å². The average molecular weight is 315 g/mol. The molecule has 0 radical (unpaired) electrons. The summed E-state index contributed by atoms with van der Waals surface area (Å²) in [5, 5.41) is 5.35. The Balaban J connectivity index is 2.11. The van der Waals surface area contributed by atoms with Gasteiger partial charge in [-0.3, -0.25) is 4.79 Å². The number of aromatic nitrogens is 2. The van der Waals surface area contributed by atoms with Crippen LogP contribution in [0.3, 0.4) is 0 Å². The highest BCUT2D eigenvalue weighted by Gasteiger charge is 1.97. The normalized spacial score (nSPS) is 10.8. The fourth-order valence-corrected chi connectivity index (χ4v) is 2.35. The minimum Gasteiger partial charge on any atom is -0.268 e. The van der Waals surface area contributed by atoms with E-state index in [2.05, 4.69) is 21.0 Å². The van der Waals surface area contributed by atoms with Crippen LogP contribution in [0.15, 0.2) is 16.9 Å². The maximum atomic E-state index is 11.5. The fourth-order valence-electron chi connectivity index (χ4n) is 1.95. The van der Waals surface area contributed by atoms with E-state index in [0.717, 1.165) is 24.0 Å². The Morgan fingerprint density at radius 1 is 1.06 bits per heavy atom. The van der Waals surface area contributed by atoms with Crippen molar-refractivity contribution in [1.82, 2.24) is 9.78 Å². The number of rotatable bonds is 9. The minimum atomic E-state index is 0.0120. The lowest BCUT2D eigenvalue weighted by molar-refractivity contribution is 0.503. The summed E-state index contributed by atoms with van der Waals surface area (Å²) < 4.78 is 1.58. The molecule has 4 heteroatoms. The molecule has 18 heavy (non-hydrogen) atoms. The molecule has 0 unspecified atom stereocenters. The van der Waals surface area contributed by atoms with Gasteiger partial charge in [-0.2, -0.15) is 5.10 Å². The van der Waals surface area contributed by atoms with E-state index in [1.807, 2.05) is 6.92 Å². The van der Waals surface area contributed by atoms with Crippen molar-refractivity contribution in [1.29, 1.82) is 0 Å². The lowest BCUT2D eigenvalue weighted by atomic mass is 10.1. The number of halogens is 1. The Bertz CT molecular complexity index is 390. The Morgan fingerprint density at radius 2 is 1.67 bits per heavy atom.